The molecule has 1 aliphatic carbocycles. The summed E-state index contributed by atoms with van der Waals surface area (Å²) >= 11 is 6.44. The molecule has 0 spiro atoms. The topological polar surface area (TPSA) is 127 Å². The predicted octanol–water partition coefficient (Wildman–Crippen LogP) is 3.41. The molecule has 2 atom stereocenters. The van der Waals surface area contributed by atoms with Gasteiger partial charge in [0.1, 0.15) is 23.6 Å². The zero-order chi connectivity index (χ0) is 30.4. The highest BCUT2D eigenvalue weighted by Gasteiger charge is 2.50. The van der Waals surface area contributed by atoms with E-state index in [9.17, 15) is 36.4 Å². The minimum absolute atomic E-state index is 0.0112. The van der Waals surface area contributed by atoms with Gasteiger partial charge in [0.25, 0.3) is 11.8 Å². The lowest BCUT2D eigenvalue weighted by Gasteiger charge is -2.39. The van der Waals surface area contributed by atoms with Gasteiger partial charge in [-0.1, -0.05) is 29.8 Å². The minimum Gasteiger partial charge on any atom is -0.619 e. The molecule has 5 rings (SSSR count). The van der Waals surface area contributed by atoms with Crippen molar-refractivity contribution in [3.05, 3.63) is 88.2 Å². The number of halogens is 4. The van der Waals surface area contributed by atoms with Gasteiger partial charge in [-0.3, -0.25) is 14.5 Å². The minimum atomic E-state index is -4.06. The largest absolute Gasteiger partial charge is 0.619 e. The van der Waals surface area contributed by atoms with E-state index in [1.165, 1.54) is 30.5 Å². The van der Waals surface area contributed by atoms with Gasteiger partial charge in [0.05, 0.1) is 5.75 Å². The van der Waals surface area contributed by atoms with E-state index < -0.39 is 70.3 Å². The molecule has 3 aromatic rings. The molecular formula is C27H25ClF3N5O5S. The van der Waals surface area contributed by atoms with Crippen molar-refractivity contribution < 1.29 is 35.9 Å². The van der Waals surface area contributed by atoms with Crippen LogP contribution in [-0.2, 0) is 19.6 Å². The average Bonchev–Trinajstić information content (AvgIpc) is 3.20. The van der Waals surface area contributed by atoms with Crippen LogP contribution in [-0.4, -0.2) is 49.0 Å². The summed E-state index contributed by atoms with van der Waals surface area (Å²) in [6, 6.07) is 5.79. The number of rotatable bonds is 7. The Morgan fingerprint density at radius 2 is 1.93 bits per heavy atom. The molecule has 1 saturated heterocycles. The number of pyridine rings is 2. The zero-order valence-corrected chi connectivity index (χ0v) is 23.7. The normalized spacial score (nSPS) is 20.0. The molecule has 1 saturated carbocycles. The first kappa shape index (κ1) is 29.6. The first-order valence-electron chi connectivity index (χ1n) is 12.9. The zero-order valence-electron chi connectivity index (χ0n) is 22.1. The molecule has 42 heavy (non-hydrogen) atoms. The number of carbonyl (C=O) groups excluding carboxylic acids is 2. The van der Waals surface area contributed by atoms with E-state index in [-0.39, 0.29) is 33.2 Å². The maximum Gasteiger partial charge on any atom is 0.252 e. The van der Waals surface area contributed by atoms with Gasteiger partial charge in [0.15, 0.2) is 5.82 Å². The van der Waals surface area contributed by atoms with Crippen LogP contribution >= 0.6 is 11.6 Å². The Bertz CT molecular complexity index is 1630. The second kappa shape index (κ2) is 11.1. The molecule has 15 heteroatoms. The number of hydrogen-bond donors (Lipinski definition) is 1. The molecule has 2 aliphatic rings. The summed E-state index contributed by atoms with van der Waals surface area (Å²) < 4.78 is 69.0. The summed E-state index contributed by atoms with van der Waals surface area (Å²) in [7, 11) is -4.06. The molecule has 1 aromatic carbocycles. The van der Waals surface area contributed by atoms with Gasteiger partial charge in [-0.25, -0.2) is 30.9 Å². The van der Waals surface area contributed by atoms with Crippen LogP contribution in [0.1, 0.15) is 36.4 Å². The number of anilines is 2. The van der Waals surface area contributed by atoms with E-state index in [0.717, 1.165) is 21.5 Å². The van der Waals surface area contributed by atoms with Crippen molar-refractivity contribution in [2.45, 2.75) is 50.2 Å². The monoisotopic (exact) mass is 623 g/mol. The van der Waals surface area contributed by atoms with Gasteiger partial charge in [-0.05, 0) is 37.1 Å². The van der Waals surface area contributed by atoms with Crippen molar-refractivity contribution in [2.75, 3.05) is 15.0 Å². The standard InChI is InChI=1S/C27H25ClF3N5O5S/c1-16-6-8-32-23(10-16)36-22(7-9-42(36,40)41)26(38)35(19-11-17(29)14-34(39)15-19)24(20-4-2-3-5-21(20)28)25(37)33-18-12-27(30,31)13-18/h2-6,8,10-11,14-15,18,22,24H,7,9,12-13H2,1H3,(H,33,37)/t22-,24-/m0/s1. The van der Waals surface area contributed by atoms with Crippen molar-refractivity contribution >= 4 is 44.9 Å². The summed E-state index contributed by atoms with van der Waals surface area (Å²) in [5.41, 5.74) is 0.322. The van der Waals surface area contributed by atoms with Crippen molar-refractivity contribution in [3.8, 4) is 0 Å². The van der Waals surface area contributed by atoms with Gasteiger partial charge in [-0.2, -0.15) is 4.73 Å². The Kier molecular flexibility index (Phi) is 7.79. The molecule has 0 bridgehead atoms. The number of nitrogens with one attached hydrogen (secondary N) is 1. The molecule has 0 radical (unpaired) electrons. The van der Waals surface area contributed by atoms with Gasteiger partial charge < -0.3 is 10.5 Å². The fraction of sp³-hybridized carbons (Fsp3) is 0.333. The average molecular weight is 624 g/mol. The van der Waals surface area contributed by atoms with E-state index in [2.05, 4.69) is 10.3 Å². The van der Waals surface area contributed by atoms with E-state index in [1.807, 2.05) is 0 Å². The number of amides is 2. The Hall–Kier alpha value is -3.91. The summed E-state index contributed by atoms with van der Waals surface area (Å²) in [6.07, 6.45) is 1.33. The third-order valence-electron chi connectivity index (χ3n) is 7.10. The maximum atomic E-state index is 14.6. The number of carbonyl (C=O) groups is 2. The van der Waals surface area contributed by atoms with Crippen LogP contribution in [0.2, 0.25) is 5.02 Å². The first-order valence-corrected chi connectivity index (χ1v) is 14.8. The van der Waals surface area contributed by atoms with Gasteiger partial charge in [0.2, 0.25) is 28.3 Å². The van der Waals surface area contributed by atoms with E-state index in [4.69, 9.17) is 11.6 Å². The van der Waals surface area contributed by atoms with Gasteiger partial charge in [0, 0.05) is 41.7 Å². The number of hydrogen-bond acceptors (Lipinski definition) is 6. The molecule has 1 aliphatic heterocycles. The van der Waals surface area contributed by atoms with Crippen LogP contribution in [0.25, 0.3) is 0 Å². The summed E-state index contributed by atoms with van der Waals surface area (Å²) in [6.45, 7) is 1.71. The molecule has 2 amide bonds. The van der Waals surface area contributed by atoms with E-state index in [0.29, 0.717) is 11.8 Å². The second-order valence-electron chi connectivity index (χ2n) is 10.3. The number of sulfonamides is 1. The van der Waals surface area contributed by atoms with Crippen LogP contribution in [0, 0.1) is 17.9 Å². The van der Waals surface area contributed by atoms with E-state index >= 15 is 0 Å². The molecule has 0 unspecified atom stereocenters. The van der Waals surface area contributed by atoms with Crippen LogP contribution in [0.4, 0.5) is 24.7 Å². The smallest absolute Gasteiger partial charge is 0.252 e. The maximum absolute atomic E-state index is 14.6. The highest BCUT2D eigenvalue weighted by molar-refractivity contribution is 7.93. The third kappa shape index (κ3) is 5.86. The number of benzene rings is 1. The lowest BCUT2D eigenvalue weighted by molar-refractivity contribution is -0.606. The van der Waals surface area contributed by atoms with Crippen LogP contribution < -0.4 is 19.3 Å². The Balaban J connectivity index is 1.65. The van der Waals surface area contributed by atoms with Crippen molar-refractivity contribution in [2.24, 2.45) is 0 Å². The molecule has 2 fully saturated rings. The Morgan fingerprint density at radius 1 is 1.21 bits per heavy atom. The fourth-order valence-corrected chi connectivity index (χ4v) is 7.10. The lowest BCUT2D eigenvalue weighted by atomic mass is 9.87. The summed E-state index contributed by atoms with van der Waals surface area (Å²) in [4.78, 5) is 33.2. The highest BCUT2D eigenvalue weighted by Crippen LogP contribution is 2.40. The number of aromatic nitrogens is 2. The van der Waals surface area contributed by atoms with Crippen LogP contribution in [0.3, 0.4) is 0 Å². The van der Waals surface area contributed by atoms with Crippen molar-refractivity contribution in [1.82, 2.24) is 10.3 Å². The number of nitrogens with zero attached hydrogens (tertiary/aromatic N) is 4. The first-order chi connectivity index (χ1) is 19.8. The highest BCUT2D eigenvalue weighted by atomic mass is 35.5. The third-order valence-corrected chi connectivity index (χ3v) is 9.23. The summed E-state index contributed by atoms with van der Waals surface area (Å²) in [5, 5.41) is 14.8. The second-order valence-corrected chi connectivity index (χ2v) is 12.7. The lowest BCUT2D eigenvalue weighted by Crippen LogP contribution is -2.56. The van der Waals surface area contributed by atoms with E-state index in [1.54, 1.807) is 19.1 Å². The molecule has 2 aromatic heterocycles. The fourth-order valence-electron chi connectivity index (χ4n) is 5.18. The van der Waals surface area contributed by atoms with Crippen LogP contribution in [0.15, 0.2) is 61.1 Å². The molecule has 222 valence electrons. The molecule has 10 nitrogen and oxygen atoms in total. The van der Waals surface area contributed by atoms with Gasteiger partial charge in [-0.15, -0.1) is 0 Å². The van der Waals surface area contributed by atoms with Gasteiger partial charge >= 0.3 is 0 Å². The Labute approximate surface area is 244 Å². The SMILES string of the molecule is Cc1ccnc(N2[C@H](C(=O)N(c3cc(F)c[n+]([O-])c3)[C@H](C(=O)NC3CC(F)(F)C3)c3ccccc3Cl)CCS2(=O)=O)c1. The van der Waals surface area contributed by atoms with Crippen molar-refractivity contribution in [3.63, 3.8) is 0 Å². The predicted molar refractivity (Wildman–Crippen MR) is 147 cm³/mol. The number of alkyl halides is 2. The molecule has 3 heterocycles. The molecular weight excluding hydrogens is 599 g/mol. The number of aryl methyl sites for hydroxylation is 1. The van der Waals surface area contributed by atoms with Crippen LogP contribution in [0.5, 0.6) is 0 Å². The Morgan fingerprint density at radius 3 is 2.57 bits per heavy atom. The quantitative estimate of drug-likeness (QED) is 0.318. The van der Waals surface area contributed by atoms with Crippen molar-refractivity contribution in [1.29, 1.82) is 0 Å². The molecule has 1 N–H and O–H groups in total. The summed E-state index contributed by atoms with van der Waals surface area (Å²) in [5.74, 6) is -6.40.